The Balaban J connectivity index is 1.84. The molecule has 0 saturated carbocycles. The summed E-state index contributed by atoms with van der Waals surface area (Å²) >= 11 is 4.73. The molecule has 0 aliphatic rings. The molecule has 1 N–H and O–H groups in total. The average molecular weight is 497 g/mol. The van der Waals surface area contributed by atoms with Crippen molar-refractivity contribution in [2.24, 2.45) is 0 Å². The van der Waals surface area contributed by atoms with E-state index in [2.05, 4.69) is 38.4 Å². The zero-order chi connectivity index (χ0) is 21.8. The van der Waals surface area contributed by atoms with Gasteiger partial charge < -0.3 is 15.0 Å². The Labute approximate surface area is 190 Å². The number of nitrogens with one attached hydrogen (secondary N) is 1. The lowest BCUT2D eigenvalue weighted by Gasteiger charge is -2.22. The van der Waals surface area contributed by atoms with Crippen molar-refractivity contribution in [2.45, 2.75) is 45.4 Å². The Bertz CT molecular complexity index is 798. The molecule has 2 rings (SSSR count). The second kappa shape index (κ2) is 13.5. The van der Waals surface area contributed by atoms with Gasteiger partial charge in [-0.1, -0.05) is 65.6 Å². The van der Waals surface area contributed by atoms with Gasteiger partial charge in [-0.15, -0.1) is 10.2 Å². The van der Waals surface area contributed by atoms with Crippen molar-refractivity contribution < 1.29 is 14.3 Å². The van der Waals surface area contributed by atoms with Crippen LogP contribution in [0.5, 0.6) is 0 Å². The SMILES string of the molecule is CCCCCCC(=O)N(CCOC)CCC(=O)Nc1nnc(-c2ccc(Br)cc2)s1. The van der Waals surface area contributed by atoms with Crippen molar-refractivity contribution in [2.75, 3.05) is 32.1 Å². The molecule has 0 atom stereocenters. The van der Waals surface area contributed by atoms with Crippen molar-refractivity contribution in [3.63, 3.8) is 0 Å². The number of aromatic nitrogens is 2. The Morgan fingerprint density at radius 3 is 2.57 bits per heavy atom. The van der Waals surface area contributed by atoms with Crippen LogP contribution < -0.4 is 5.32 Å². The Morgan fingerprint density at radius 2 is 1.87 bits per heavy atom. The number of anilines is 1. The van der Waals surface area contributed by atoms with Crippen molar-refractivity contribution in [3.8, 4) is 10.6 Å². The van der Waals surface area contributed by atoms with Gasteiger partial charge in [0.1, 0.15) is 5.01 Å². The number of amides is 2. The maximum absolute atomic E-state index is 12.5. The first-order valence-electron chi connectivity index (χ1n) is 10.2. The molecule has 30 heavy (non-hydrogen) atoms. The second-order valence-electron chi connectivity index (χ2n) is 6.90. The summed E-state index contributed by atoms with van der Waals surface area (Å²) < 4.78 is 6.09. The summed E-state index contributed by atoms with van der Waals surface area (Å²) in [7, 11) is 1.61. The molecule has 0 saturated heterocycles. The van der Waals surface area contributed by atoms with E-state index in [1.165, 1.54) is 11.3 Å². The standard InChI is InChI=1S/C21H29BrN4O3S/c1-3-4-5-6-7-19(28)26(14-15-29-2)13-12-18(27)23-21-25-24-20(30-21)16-8-10-17(22)11-9-16/h8-11H,3-7,12-15H2,1-2H3,(H,23,25,27). The summed E-state index contributed by atoms with van der Waals surface area (Å²) in [5.74, 6) is -0.112. The number of halogens is 1. The van der Waals surface area contributed by atoms with Gasteiger partial charge in [0.15, 0.2) is 0 Å². The second-order valence-corrected chi connectivity index (χ2v) is 8.79. The number of ether oxygens (including phenoxy) is 1. The lowest BCUT2D eigenvalue weighted by Crippen LogP contribution is -2.36. The van der Waals surface area contributed by atoms with Crippen LogP contribution in [0.15, 0.2) is 28.7 Å². The van der Waals surface area contributed by atoms with Crippen LogP contribution in [0.1, 0.15) is 45.4 Å². The van der Waals surface area contributed by atoms with E-state index in [1.807, 2.05) is 24.3 Å². The molecule has 0 fully saturated rings. The van der Waals surface area contributed by atoms with Crippen LogP contribution >= 0.6 is 27.3 Å². The van der Waals surface area contributed by atoms with Crippen LogP contribution in [-0.4, -0.2) is 53.7 Å². The number of rotatable bonds is 13. The Kier molecular flexibility index (Phi) is 11.0. The van der Waals surface area contributed by atoms with E-state index in [-0.39, 0.29) is 18.2 Å². The summed E-state index contributed by atoms with van der Waals surface area (Å²) in [4.78, 5) is 26.5. The molecule has 164 valence electrons. The number of hydrogen-bond donors (Lipinski definition) is 1. The molecule has 1 heterocycles. The van der Waals surface area contributed by atoms with Crippen molar-refractivity contribution in [1.29, 1.82) is 0 Å². The zero-order valence-corrected chi connectivity index (χ0v) is 19.9. The largest absolute Gasteiger partial charge is 0.383 e. The van der Waals surface area contributed by atoms with Crippen molar-refractivity contribution >= 4 is 44.2 Å². The van der Waals surface area contributed by atoms with E-state index < -0.39 is 0 Å². The molecule has 0 aliphatic carbocycles. The first kappa shape index (κ1) is 24.4. The highest BCUT2D eigenvalue weighted by Crippen LogP contribution is 2.27. The van der Waals surface area contributed by atoms with Crippen molar-refractivity contribution in [1.82, 2.24) is 15.1 Å². The number of hydrogen-bond acceptors (Lipinski definition) is 6. The van der Waals surface area contributed by atoms with E-state index in [1.54, 1.807) is 12.0 Å². The van der Waals surface area contributed by atoms with Gasteiger partial charge >= 0.3 is 0 Å². The van der Waals surface area contributed by atoms with Gasteiger partial charge in [0.2, 0.25) is 16.9 Å². The molecule has 7 nitrogen and oxygen atoms in total. The fraction of sp³-hybridized carbons (Fsp3) is 0.524. The predicted molar refractivity (Wildman–Crippen MR) is 124 cm³/mol. The molecular weight excluding hydrogens is 468 g/mol. The van der Waals surface area contributed by atoms with Crippen LogP contribution in [0.4, 0.5) is 5.13 Å². The molecule has 0 aliphatic heterocycles. The van der Waals surface area contributed by atoms with Gasteiger partial charge in [0, 0.05) is 43.1 Å². The summed E-state index contributed by atoms with van der Waals surface area (Å²) in [5.41, 5.74) is 0.940. The van der Waals surface area contributed by atoms with E-state index in [4.69, 9.17) is 4.74 Å². The van der Waals surface area contributed by atoms with Crippen molar-refractivity contribution in [3.05, 3.63) is 28.7 Å². The van der Waals surface area contributed by atoms with Crippen LogP contribution in [0, 0.1) is 0 Å². The van der Waals surface area contributed by atoms with Gasteiger partial charge in [0.05, 0.1) is 6.61 Å². The van der Waals surface area contributed by atoms with E-state index in [0.29, 0.717) is 31.2 Å². The number of unbranched alkanes of at least 4 members (excludes halogenated alkanes) is 3. The average Bonchev–Trinajstić information content (AvgIpc) is 3.20. The first-order valence-corrected chi connectivity index (χ1v) is 11.8. The van der Waals surface area contributed by atoms with Gasteiger partial charge in [0.25, 0.3) is 0 Å². The quantitative estimate of drug-likeness (QED) is 0.404. The minimum absolute atomic E-state index is 0.0735. The molecule has 2 amide bonds. The minimum atomic E-state index is -0.185. The molecule has 1 aromatic carbocycles. The maximum atomic E-state index is 12.5. The third-order valence-electron chi connectivity index (χ3n) is 4.53. The highest BCUT2D eigenvalue weighted by atomic mass is 79.9. The molecule has 0 unspecified atom stereocenters. The molecule has 0 bridgehead atoms. The summed E-state index contributed by atoms with van der Waals surface area (Å²) in [6, 6.07) is 7.75. The number of methoxy groups -OCH3 is 1. The van der Waals surface area contributed by atoms with Gasteiger partial charge in [-0.2, -0.15) is 0 Å². The molecular formula is C21H29BrN4O3S. The van der Waals surface area contributed by atoms with E-state index >= 15 is 0 Å². The van der Waals surface area contributed by atoms with Crippen LogP contribution in [-0.2, 0) is 14.3 Å². The first-order chi connectivity index (χ1) is 14.5. The van der Waals surface area contributed by atoms with E-state index in [0.717, 1.165) is 40.7 Å². The fourth-order valence-corrected chi connectivity index (χ4v) is 3.85. The van der Waals surface area contributed by atoms with Crippen LogP contribution in [0.3, 0.4) is 0 Å². The highest BCUT2D eigenvalue weighted by molar-refractivity contribution is 9.10. The number of carbonyl (C=O) groups excluding carboxylic acids is 2. The summed E-state index contributed by atoms with van der Waals surface area (Å²) in [6.45, 7) is 3.45. The smallest absolute Gasteiger partial charge is 0.227 e. The third kappa shape index (κ3) is 8.49. The highest BCUT2D eigenvalue weighted by Gasteiger charge is 2.16. The monoisotopic (exact) mass is 496 g/mol. The summed E-state index contributed by atoms with van der Waals surface area (Å²) in [5, 5.41) is 12.2. The molecule has 9 heteroatoms. The lowest BCUT2D eigenvalue weighted by atomic mass is 10.1. The topological polar surface area (TPSA) is 84.4 Å². The minimum Gasteiger partial charge on any atom is -0.383 e. The summed E-state index contributed by atoms with van der Waals surface area (Å²) in [6.07, 6.45) is 4.93. The lowest BCUT2D eigenvalue weighted by molar-refractivity contribution is -0.132. The predicted octanol–water partition coefficient (Wildman–Crippen LogP) is 4.74. The number of nitrogens with zero attached hydrogens (tertiary/aromatic N) is 3. The molecule has 0 radical (unpaired) electrons. The van der Waals surface area contributed by atoms with Gasteiger partial charge in [-0.05, 0) is 18.6 Å². The van der Waals surface area contributed by atoms with Gasteiger partial charge in [-0.3, -0.25) is 9.59 Å². The zero-order valence-electron chi connectivity index (χ0n) is 17.5. The molecule has 2 aromatic rings. The van der Waals surface area contributed by atoms with Gasteiger partial charge in [-0.25, -0.2) is 0 Å². The van der Waals surface area contributed by atoms with Crippen LogP contribution in [0.2, 0.25) is 0 Å². The normalized spacial score (nSPS) is 10.8. The Morgan fingerprint density at radius 1 is 1.10 bits per heavy atom. The van der Waals surface area contributed by atoms with Crippen LogP contribution in [0.25, 0.3) is 10.6 Å². The van der Waals surface area contributed by atoms with E-state index in [9.17, 15) is 9.59 Å². The molecule has 1 aromatic heterocycles. The number of carbonyl (C=O) groups is 2. The molecule has 0 spiro atoms. The number of benzene rings is 1. The fourth-order valence-electron chi connectivity index (χ4n) is 2.82. The maximum Gasteiger partial charge on any atom is 0.227 e. The Hall–Kier alpha value is -1.84. The third-order valence-corrected chi connectivity index (χ3v) is 5.95.